The molecule has 0 bridgehead atoms. The summed E-state index contributed by atoms with van der Waals surface area (Å²) in [5.74, 6) is 0.782. The van der Waals surface area contributed by atoms with E-state index in [1.807, 2.05) is 6.07 Å². The lowest BCUT2D eigenvalue weighted by atomic mass is 10.1. The largest absolute Gasteiger partial charge is 0.493 e. The van der Waals surface area contributed by atoms with Gasteiger partial charge >= 0.3 is 5.63 Å². The van der Waals surface area contributed by atoms with Gasteiger partial charge in [0.05, 0.1) is 14.2 Å². The molecule has 2 amide bonds. The number of nitrogens with zero attached hydrogens (tertiary/aromatic N) is 1. The molecule has 0 unspecified atom stereocenters. The first-order chi connectivity index (χ1) is 16.9. The standard InChI is InChI=1S/C26H31ClN2O6/c1-4-5-6-7-19-9-10-20(26(32)35-19)25(31)29-16-18(14-27)12-21(29)24(30)28-15-17-8-11-22(33-2)23(13-17)34-3/h8-11,13-14,21H,4-7,12,15-16H2,1-3H3,(H,28,30)/t21-/m0/s1. The van der Waals surface area contributed by atoms with Gasteiger partial charge in [-0.3, -0.25) is 9.59 Å². The summed E-state index contributed by atoms with van der Waals surface area (Å²) >= 11 is 5.90. The van der Waals surface area contributed by atoms with Crippen molar-refractivity contribution in [2.24, 2.45) is 0 Å². The van der Waals surface area contributed by atoms with E-state index in [1.54, 1.807) is 25.3 Å². The van der Waals surface area contributed by atoms with Crippen molar-refractivity contribution in [3.8, 4) is 11.5 Å². The van der Waals surface area contributed by atoms with Crippen molar-refractivity contribution in [2.45, 2.75) is 51.6 Å². The predicted molar refractivity (Wildman–Crippen MR) is 133 cm³/mol. The summed E-state index contributed by atoms with van der Waals surface area (Å²) in [5, 5.41) is 2.86. The molecule has 1 aliphatic rings. The van der Waals surface area contributed by atoms with Gasteiger partial charge in [-0.05, 0) is 41.8 Å². The van der Waals surface area contributed by atoms with Crippen LogP contribution in [0, 0.1) is 0 Å². The molecule has 1 aliphatic heterocycles. The average Bonchev–Trinajstić information content (AvgIpc) is 3.31. The van der Waals surface area contributed by atoms with Crippen LogP contribution >= 0.6 is 11.6 Å². The highest BCUT2D eigenvalue weighted by Gasteiger charge is 2.38. The van der Waals surface area contributed by atoms with E-state index in [4.69, 9.17) is 25.5 Å². The van der Waals surface area contributed by atoms with Gasteiger partial charge in [-0.25, -0.2) is 4.79 Å². The lowest BCUT2D eigenvalue weighted by Crippen LogP contribution is -2.46. The van der Waals surface area contributed by atoms with Crippen molar-refractivity contribution in [1.29, 1.82) is 0 Å². The SMILES string of the molecule is CCCCCc1ccc(C(=O)N2CC(=CCl)C[C@H]2C(=O)NCc2ccc(OC)c(OC)c2)c(=O)o1. The summed E-state index contributed by atoms with van der Waals surface area (Å²) in [5.41, 5.74) is 2.11. The fourth-order valence-electron chi connectivity index (χ4n) is 4.03. The summed E-state index contributed by atoms with van der Waals surface area (Å²) in [7, 11) is 3.09. The maximum absolute atomic E-state index is 13.2. The second kappa shape index (κ2) is 12.4. The minimum absolute atomic E-state index is 0.0993. The van der Waals surface area contributed by atoms with Crippen molar-refractivity contribution >= 4 is 23.4 Å². The van der Waals surface area contributed by atoms with E-state index >= 15 is 0 Å². The van der Waals surface area contributed by atoms with E-state index < -0.39 is 17.6 Å². The number of ether oxygens (including phenoxy) is 2. The first-order valence-electron chi connectivity index (χ1n) is 11.6. The highest BCUT2D eigenvalue weighted by atomic mass is 35.5. The molecule has 1 atom stereocenters. The number of methoxy groups -OCH3 is 2. The zero-order chi connectivity index (χ0) is 25.4. The van der Waals surface area contributed by atoms with E-state index in [0.29, 0.717) is 23.7 Å². The minimum atomic E-state index is -0.795. The fraction of sp³-hybridized carbons (Fsp3) is 0.423. The monoisotopic (exact) mass is 502 g/mol. The third kappa shape index (κ3) is 6.45. The van der Waals surface area contributed by atoms with Crippen molar-refractivity contribution in [3.63, 3.8) is 0 Å². The number of hydrogen-bond acceptors (Lipinski definition) is 6. The van der Waals surface area contributed by atoms with Gasteiger partial charge in [0, 0.05) is 31.5 Å². The van der Waals surface area contributed by atoms with E-state index in [2.05, 4.69) is 12.2 Å². The zero-order valence-electron chi connectivity index (χ0n) is 20.3. The average molecular weight is 503 g/mol. The Bertz CT molecular complexity index is 1140. The van der Waals surface area contributed by atoms with Crippen molar-refractivity contribution in [2.75, 3.05) is 20.8 Å². The number of benzene rings is 1. The van der Waals surface area contributed by atoms with E-state index in [0.717, 1.165) is 30.4 Å². The van der Waals surface area contributed by atoms with E-state index in [9.17, 15) is 14.4 Å². The van der Waals surface area contributed by atoms with Gasteiger partial charge in [0.1, 0.15) is 17.4 Å². The number of aryl methyl sites for hydroxylation is 1. The first kappa shape index (κ1) is 26.3. The molecule has 0 aliphatic carbocycles. The van der Waals surface area contributed by atoms with Crippen LogP contribution in [0.3, 0.4) is 0 Å². The molecular formula is C26H31ClN2O6. The quantitative estimate of drug-likeness (QED) is 0.492. The smallest absolute Gasteiger partial charge is 0.348 e. The Hall–Kier alpha value is -3.26. The number of unbranched alkanes of at least 4 members (excludes halogenated alkanes) is 2. The second-order valence-electron chi connectivity index (χ2n) is 8.39. The molecule has 2 aromatic rings. The van der Waals surface area contributed by atoms with Crippen molar-refractivity contribution < 1.29 is 23.5 Å². The highest BCUT2D eigenvalue weighted by Crippen LogP contribution is 2.28. The maximum Gasteiger partial charge on any atom is 0.348 e. The van der Waals surface area contributed by atoms with Gasteiger partial charge in [0.2, 0.25) is 5.91 Å². The Morgan fingerprint density at radius 2 is 1.94 bits per heavy atom. The summed E-state index contributed by atoms with van der Waals surface area (Å²) in [4.78, 5) is 40.2. The van der Waals surface area contributed by atoms with Gasteiger partial charge in [-0.2, -0.15) is 0 Å². The normalized spacial score (nSPS) is 16.4. The van der Waals surface area contributed by atoms with Gasteiger partial charge in [-0.1, -0.05) is 37.4 Å². The first-order valence-corrected chi connectivity index (χ1v) is 12.1. The van der Waals surface area contributed by atoms with Crippen LogP contribution in [-0.2, 0) is 17.8 Å². The number of carbonyl (C=O) groups excluding carboxylic acids is 2. The zero-order valence-corrected chi connectivity index (χ0v) is 21.0. The predicted octanol–water partition coefficient (Wildman–Crippen LogP) is 4.04. The third-order valence-electron chi connectivity index (χ3n) is 5.97. The van der Waals surface area contributed by atoms with Gasteiger partial charge < -0.3 is 24.1 Å². The van der Waals surface area contributed by atoms with Gasteiger partial charge in [-0.15, -0.1) is 0 Å². The molecule has 1 aromatic heterocycles. The fourth-order valence-corrected chi connectivity index (χ4v) is 4.18. The lowest BCUT2D eigenvalue weighted by Gasteiger charge is -2.23. The Morgan fingerprint density at radius 3 is 2.60 bits per heavy atom. The van der Waals surface area contributed by atoms with E-state index in [1.165, 1.54) is 23.6 Å². The summed E-state index contributed by atoms with van der Waals surface area (Å²) in [6.45, 7) is 2.48. The molecule has 1 aromatic carbocycles. The molecule has 1 N–H and O–H groups in total. The van der Waals surface area contributed by atoms with Crippen LogP contribution in [0.1, 0.15) is 54.3 Å². The number of amides is 2. The van der Waals surface area contributed by atoms with Crippen LogP contribution < -0.4 is 20.4 Å². The van der Waals surface area contributed by atoms with Crippen LogP contribution in [0.5, 0.6) is 11.5 Å². The molecule has 9 heteroatoms. The molecule has 3 rings (SSSR count). The van der Waals surface area contributed by atoms with Gasteiger partial charge in [0.15, 0.2) is 11.5 Å². The molecule has 8 nitrogen and oxygen atoms in total. The number of likely N-dealkylation sites (tertiary alicyclic amines) is 1. The molecule has 0 spiro atoms. The molecule has 2 heterocycles. The number of nitrogens with one attached hydrogen (secondary N) is 1. The van der Waals surface area contributed by atoms with Crippen LogP contribution in [0.2, 0.25) is 0 Å². The molecule has 35 heavy (non-hydrogen) atoms. The second-order valence-corrected chi connectivity index (χ2v) is 8.61. The molecule has 0 saturated carbocycles. The third-order valence-corrected chi connectivity index (χ3v) is 6.28. The summed E-state index contributed by atoms with van der Waals surface area (Å²) in [6, 6.07) is 7.69. The summed E-state index contributed by atoms with van der Waals surface area (Å²) < 4.78 is 15.9. The van der Waals surface area contributed by atoms with Crippen molar-refractivity contribution in [1.82, 2.24) is 10.2 Å². The van der Waals surface area contributed by atoms with Gasteiger partial charge in [0.25, 0.3) is 5.91 Å². The number of rotatable bonds is 10. The number of hydrogen-bond donors (Lipinski definition) is 1. The molecule has 188 valence electrons. The lowest BCUT2D eigenvalue weighted by molar-refractivity contribution is -0.125. The minimum Gasteiger partial charge on any atom is -0.493 e. The van der Waals surface area contributed by atoms with Crippen LogP contribution in [0.15, 0.2) is 50.7 Å². The molecule has 1 fully saturated rings. The highest BCUT2D eigenvalue weighted by molar-refractivity contribution is 6.25. The van der Waals surface area contributed by atoms with Crippen LogP contribution in [0.25, 0.3) is 0 Å². The topological polar surface area (TPSA) is 98.1 Å². The van der Waals surface area contributed by atoms with E-state index in [-0.39, 0.29) is 31.0 Å². The Labute approximate surface area is 209 Å². The molecule has 0 radical (unpaired) electrons. The van der Waals surface area contributed by atoms with Crippen molar-refractivity contribution in [3.05, 3.63) is 68.7 Å². The Kier molecular flexibility index (Phi) is 9.37. The molecular weight excluding hydrogens is 472 g/mol. The Morgan fingerprint density at radius 1 is 1.17 bits per heavy atom. The van der Waals surface area contributed by atoms with Crippen LogP contribution in [-0.4, -0.2) is 43.5 Å². The maximum atomic E-state index is 13.2. The number of carbonyl (C=O) groups is 2. The summed E-state index contributed by atoms with van der Waals surface area (Å²) in [6.07, 6.45) is 3.92. The number of halogens is 1. The molecule has 1 saturated heterocycles. The van der Waals surface area contributed by atoms with Crippen LogP contribution in [0.4, 0.5) is 0 Å². The Balaban J connectivity index is 1.73.